The summed E-state index contributed by atoms with van der Waals surface area (Å²) in [6, 6.07) is 9.78. The van der Waals surface area contributed by atoms with Crippen molar-refractivity contribution in [2.24, 2.45) is 0 Å². The highest BCUT2D eigenvalue weighted by Crippen LogP contribution is 2.38. The van der Waals surface area contributed by atoms with E-state index in [1.165, 1.54) is 6.92 Å². The van der Waals surface area contributed by atoms with Crippen LogP contribution >= 0.6 is 0 Å². The number of amides is 2. The Labute approximate surface area is 170 Å². The minimum atomic E-state index is -0.609. The minimum Gasteiger partial charge on any atom is -0.391 e. The number of nitrogens with one attached hydrogen (secondary N) is 2. The van der Waals surface area contributed by atoms with E-state index < -0.39 is 6.10 Å². The van der Waals surface area contributed by atoms with Crippen LogP contribution in [0.1, 0.15) is 60.0 Å². The van der Waals surface area contributed by atoms with E-state index in [0.29, 0.717) is 42.8 Å². The minimum absolute atomic E-state index is 0.145. The van der Waals surface area contributed by atoms with Crippen molar-refractivity contribution in [1.82, 2.24) is 15.8 Å². The van der Waals surface area contributed by atoms with E-state index in [-0.39, 0.29) is 23.3 Å². The molecule has 0 spiro atoms. The maximum Gasteiger partial charge on any atom is 0.256 e. The zero-order valence-corrected chi connectivity index (χ0v) is 17.2. The molecule has 156 valence electrons. The number of aliphatic hydroxyl groups is 1. The number of carbonyl (C=O) groups excluding carboxylic acids is 2. The first-order valence-electron chi connectivity index (χ1n) is 10.0. The lowest BCUT2D eigenvalue weighted by Gasteiger charge is -2.34. The number of nitrogens with zero attached hydrogens (tertiary/aromatic N) is 1. The van der Waals surface area contributed by atoms with Crippen LogP contribution in [0.25, 0.3) is 0 Å². The summed E-state index contributed by atoms with van der Waals surface area (Å²) in [6.07, 6.45) is 2.01. The smallest absolute Gasteiger partial charge is 0.256 e. The maximum atomic E-state index is 12.8. The van der Waals surface area contributed by atoms with Gasteiger partial charge in [-0.15, -0.1) is 0 Å². The third-order valence-electron chi connectivity index (χ3n) is 5.94. The molecule has 29 heavy (non-hydrogen) atoms. The van der Waals surface area contributed by atoms with E-state index in [9.17, 15) is 14.7 Å². The number of rotatable bonds is 5. The van der Waals surface area contributed by atoms with Crippen LogP contribution in [-0.4, -0.2) is 40.8 Å². The Kier molecular flexibility index (Phi) is 6.37. The molecule has 3 rings (SSSR count). The predicted octanol–water partition coefficient (Wildman–Crippen LogP) is 2.40. The summed E-state index contributed by atoms with van der Waals surface area (Å²) >= 11 is 0. The fourth-order valence-corrected chi connectivity index (χ4v) is 4.31. The van der Waals surface area contributed by atoms with Crippen molar-refractivity contribution in [3.8, 4) is 0 Å². The first-order chi connectivity index (χ1) is 13.8. The Morgan fingerprint density at radius 3 is 2.52 bits per heavy atom. The highest BCUT2D eigenvalue weighted by molar-refractivity contribution is 5.96. The van der Waals surface area contributed by atoms with Gasteiger partial charge in [-0.25, -0.2) is 0 Å². The van der Waals surface area contributed by atoms with Crippen LogP contribution in [0.3, 0.4) is 0 Å². The van der Waals surface area contributed by atoms with Crippen molar-refractivity contribution in [2.45, 2.75) is 64.0 Å². The van der Waals surface area contributed by atoms with Crippen molar-refractivity contribution < 1.29 is 19.2 Å². The van der Waals surface area contributed by atoms with Gasteiger partial charge in [0.2, 0.25) is 5.91 Å². The summed E-state index contributed by atoms with van der Waals surface area (Å²) in [6.45, 7) is 5.37. The number of benzene rings is 1. The molecule has 1 heterocycles. The Balaban J connectivity index is 1.83. The molecule has 3 N–H and O–H groups in total. The molecule has 1 aliphatic rings. The number of hydrogen-bond acceptors (Lipinski definition) is 5. The monoisotopic (exact) mass is 399 g/mol. The second-order valence-corrected chi connectivity index (χ2v) is 7.98. The first kappa shape index (κ1) is 21.0. The Morgan fingerprint density at radius 1 is 1.21 bits per heavy atom. The summed E-state index contributed by atoms with van der Waals surface area (Å²) in [7, 11) is 0. The maximum absolute atomic E-state index is 12.8. The number of aliphatic hydroxyl groups excluding tert-OH is 1. The van der Waals surface area contributed by atoms with Gasteiger partial charge in [0.15, 0.2) is 0 Å². The third-order valence-corrected chi connectivity index (χ3v) is 5.94. The molecule has 0 saturated heterocycles. The SMILES string of the molecule is CC(=O)N[C@H]1CC[C@](CNC(=O)c2c(C)noc2C)(c2ccccc2)CC[C@@H]1O. The molecule has 1 saturated carbocycles. The van der Waals surface area contributed by atoms with Gasteiger partial charge in [-0.05, 0) is 45.1 Å². The molecule has 3 atom stereocenters. The Morgan fingerprint density at radius 2 is 1.90 bits per heavy atom. The van der Waals surface area contributed by atoms with Crippen molar-refractivity contribution >= 4 is 11.8 Å². The van der Waals surface area contributed by atoms with E-state index in [1.807, 2.05) is 18.2 Å². The van der Waals surface area contributed by atoms with Crippen LogP contribution in [0.2, 0.25) is 0 Å². The second-order valence-electron chi connectivity index (χ2n) is 7.98. The van der Waals surface area contributed by atoms with Gasteiger partial charge in [-0.3, -0.25) is 9.59 Å². The fraction of sp³-hybridized carbons (Fsp3) is 0.500. The average Bonchev–Trinajstić information content (AvgIpc) is 2.95. The molecular weight excluding hydrogens is 370 g/mol. The predicted molar refractivity (Wildman–Crippen MR) is 109 cm³/mol. The van der Waals surface area contributed by atoms with Crippen LogP contribution in [0.5, 0.6) is 0 Å². The van der Waals surface area contributed by atoms with E-state index in [0.717, 1.165) is 12.0 Å². The summed E-state index contributed by atoms with van der Waals surface area (Å²) in [5.41, 5.74) is 1.83. The second kappa shape index (κ2) is 8.78. The van der Waals surface area contributed by atoms with E-state index >= 15 is 0 Å². The van der Waals surface area contributed by atoms with Gasteiger partial charge in [-0.2, -0.15) is 0 Å². The molecule has 2 aromatic rings. The number of aromatic nitrogens is 1. The zero-order chi connectivity index (χ0) is 21.0. The molecule has 7 heteroatoms. The van der Waals surface area contributed by atoms with Crippen LogP contribution in [-0.2, 0) is 10.2 Å². The Bertz CT molecular complexity index is 845. The number of aryl methyl sites for hydroxylation is 2. The largest absolute Gasteiger partial charge is 0.391 e. The fourth-order valence-electron chi connectivity index (χ4n) is 4.31. The van der Waals surface area contributed by atoms with E-state index in [2.05, 4.69) is 27.9 Å². The topological polar surface area (TPSA) is 104 Å². The number of carbonyl (C=O) groups is 2. The average molecular weight is 399 g/mol. The molecular formula is C22H29N3O4. The molecule has 0 aliphatic heterocycles. The Hall–Kier alpha value is -2.67. The van der Waals surface area contributed by atoms with Crippen molar-refractivity contribution in [1.29, 1.82) is 0 Å². The quantitative estimate of drug-likeness (QED) is 0.670. The normalized spacial score (nSPS) is 24.6. The molecule has 1 aromatic heterocycles. The van der Waals surface area contributed by atoms with Crippen molar-refractivity contribution in [3.63, 3.8) is 0 Å². The van der Waals surface area contributed by atoms with Gasteiger partial charge >= 0.3 is 0 Å². The highest BCUT2D eigenvalue weighted by atomic mass is 16.5. The van der Waals surface area contributed by atoms with Crippen LogP contribution in [0.15, 0.2) is 34.9 Å². The van der Waals surface area contributed by atoms with Gasteiger partial charge in [0.1, 0.15) is 11.3 Å². The summed E-state index contributed by atoms with van der Waals surface area (Å²) in [5.74, 6) is 0.142. The van der Waals surface area contributed by atoms with Gasteiger partial charge < -0.3 is 20.3 Å². The highest BCUT2D eigenvalue weighted by Gasteiger charge is 2.38. The standard InChI is InChI=1S/C22H29N3O4/c1-14-20(15(2)29-25-14)21(28)23-13-22(17-7-5-4-6-8-17)11-9-18(24-16(3)26)19(27)10-12-22/h4-8,18-19,27H,9-13H2,1-3H3,(H,23,28)(H,24,26)/t18-,19-,22-/m0/s1. The molecule has 1 fully saturated rings. The van der Waals surface area contributed by atoms with Gasteiger partial charge in [0.25, 0.3) is 5.91 Å². The lowest BCUT2D eigenvalue weighted by Crippen LogP contribution is -2.42. The molecule has 0 unspecified atom stereocenters. The van der Waals surface area contributed by atoms with Gasteiger partial charge in [0.05, 0.1) is 17.8 Å². The number of hydrogen-bond donors (Lipinski definition) is 3. The van der Waals surface area contributed by atoms with Crippen molar-refractivity contribution in [2.75, 3.05) is 6.54 Å². The van der Waals surface area contributed by atoms with Crippen LogP contribution < -0.4 is 10.6 Å². The van der Waals surface area contributed by atoms with Crippen LogP contribution in [0.4, 0.5) is 0 Å². The van der Waals surface area contributed by atoms with Crippen molar-refractivity contribution in [3.05, 3.63) is 52.9 Å². The first-order valence-corrected chi connectivity index (χ1v) is 10.0. The third kappa shape index (κ3) is 4.67. The lowest BCUT2D eigenvalue weighted by molar-refractivity contribution is -0.120. The molecule has 1 aromatic carbocycles. The van der Waals surface area contributed by atoms with Crippen LogP contribution in [0, 0.1) is 13.8 Å². The molecule has 1 aliphatic carbocycles. The van der Waals surface area contributed by atoms with Gasteiger partial charge in [-0.1, -0.05) is 35.5 Å². The lowest BCUT2D eigenvalue weighted by atomic mass is 9.74. The summed E-state index contributed by atoms with van der Waals surface area (Å²) in [5, 5.41) is 20.3. The van der Waals surface area contributed by atoms with Gasteiger partial charge in [0, 0.05) is 18.9 Å². The molecule has 2 amide bonds. The molecule has 7 nitrogen and oxygen atoms in total. The summed E-state index contributed by atoms with van der Waals surface area (Å²) in [4.78, 5) is 24.3. The molecule has 0 bridgehead atoms. The van der Waals surface area contributed by atoms with E-state index in [4.69, 9.17) is 4.52 Å². The molecule has 0 radical (unpaired) electrons. The van der Waals surface area contributed by atoms with E-state index in [1.54, 1.807) is 13.8 Å². The zero-order valence-electron chi connectivity index (χ0n) is 17.2. The summed E-state index contributed by atoms with van der Waals surface area (Å²) < 4.78 is 5.12.